The van der Waals surface area contributed by atoms with Crippen LogP contribution >= 0.6 is 11.8 Å². The highest BCUT2D eigenvalue weighted by Crippen LogP contribution is 2.36. The topological polar surface area (TPSA) is 12.0 Å². The molecule has 0 radical (unpaired) electrons. The Morgan fingerprint density at radius 3 is 3.20 bits per heavy atom. The van der Waals surface area contributed by atoms with Crippen LogP contribution in [0.2, 0.25) is 0 Å². The first kappa shape index (κ1) is 11.0. The number of hydrogen-bond acceptors (Lipinski definition) is 2. The van der Waals surface area contributed by atoms with Gasteiger partial charge in [0.05, 0.1) is 0 Å². The van der Waals surface area contributed by atoms with Crippen molar-refractivity contribution in [2.75, 3.05) is 12.3 Å². The third-order valence-electron chi connectivity index (χ3n) is 2.65. The molecule has 0 fully saturated rings. The van der Waals surface area contributed by atoms with E-state index in [4.69, 9.17) is 0 Å². The average Bonchev–Trinajstić information content (AvgIpc) is 2.26. The molecule has 1 N–H and O–H groups in total. The van der Waals surface area contributed by atoms with Gasteiger partial charge < -0.3 is 5.32 Å². The molecule has 1 nitrogen and oxygen atoms in total. The largest absolute Gasteiger partial charge is 0.310 e. The number of thioether (sulfide) groups is 1. The molecular formula is C12H16FNS. The van der Waals surface area contributed by atoms with Gasteiger partial charge in [-0.25, -0.2) is 4.39 Å². The number of halogens is 1. The maximum absolute atomic E-state index is 13.2. The first-order valence-electron chi connectivity index (χ1n) is 5.47. The maximum Gasteiger partial charge on any atom is 0.123 e. The molecule has 1 atom stereocenters. The molecule has 1 heterocycles. The average molecular weight is 225 g/mol. The number of hydrogen-bond donors (Lipinski definition) is 1. The molecule has 0 saturated heterocycles. The molecule has 1 aromatic rings. The molecule has 0 amide bonds. The van der Waals surface area contributed by atoms with E-state index < -0.39 is 0 Å². The van der Waals surface area contributed by atoms with Crippen LogP contribution in [0.25, 0.3) is 0 Å². The molecule has 1 aliphatic heterocycles. The minimum atomic E-state index is -0.125. The van der Waals surface area contributed by atoms with Crippen molar-refractivity contribution in [3.05, 3.63) is 29.6 Å². The van der Waals surface area contributed by atoms with Crippen LogP contribution in [0.15, 0.2) is 23.1 Å². The van der Waals surface area contributed by atoms with Gasteiger partial charge in [-0.05, 0) is 48.9 Å². The smallest absolute Gasteiger partial charge is 0.123 e. The first-order valence-corrected chi connectivity index (χ1v) is 6.45. The molecule has 0 aromatic heterocycles. The Labute approximate surface area is 94.5 Å². The number of rotatable bonds is 3. The zero-order valence-electron chi connectivity index (χ0n) is 8.92. The van der Waals surface area contributed by atoms with Gasteiger partial charge in [-0.2, -0.15) is 0 Å². The molecular weight excluding hydrogens is 209 g/mol. The lowest BCUT2D eigenvalue weighted by atomic mass is 10.0. The monoisotopic (exact) mass is 225 g/mol. The molecule has 0 spiro atoms. The van der Waals surface area contributed by atoms with Gasteiger partial charge in [-0.3, -0.25) is 0 Å². The van der Waals surface area contributed by atoms with Crippen LogP contribution in [-0.2, 0) is 0 Å². The predicted molar refractivity (Wildman–Crippen MR) is 62.8 cm³/mol. The van der Waals surface area contributed by atoms with E-state index >= 15 is 0 Å². The molecule has 2 rings (SSSR count). The predicted octanol–water partition coefficient (Wildman–Crippen LogP) is 3.36. The minimum absolute atomic E-state index is 0.125. The van der Waals surface area contributed by atoms with Gasteiger partial charge in [-0.15, -0.1) is 11.8 Å². The van der Waals surface area contributed by atoms with Crippen LogP contribution in [0.5, 0.6) is 0 Å². The van der Waals surface area contributed by atoms with Gasteiger partial charge in [0.15, 0.2) is 0 Å². The van der Waals surface area contributed by atoms with Crippen molar-refractivity contribution >= 4 is 11.8 Å². The SMILES string of the molecule is CCCNC1CCSc2ccc(F)cc21. The van der Waals surface area contributed by atoms with Crippen molar-refractivity contribution in [1.29, 1.82) is 0 Å². The Bertz CT molecular complexity index is 340. The van der Waals surface area contributed by atoms with E-state index in [1.165, 1.54) is 4.90 Å². The highest BCUT2D eigenvalue weighted by Gasteiger charge is 2.20. The van der Waals surface area contributed by atoms with Crippen molar-refractivity contribution < 1.29 is 4.39 Å². The van der Waals surface area contributed by atoms with E-state index in [9.17, 15) is 4.39 Å². The van der Waals surface area contributed by atoms with Gasteiger partial charge in [0, 0.05) is 10.9 Å². The summed E-state index contributed by atoms with van der Waals surface area (Å²) >= 11 is 1.83. The van der Waals surface area contributed by atoms with Crippen molar-refractivity contribution in [2.45, 2.75) is 30.7 Å². The quantitative estimate of drug-likeness (QED) is 0.846. The van der Waals surface area contributed by atoms with Crippen LogP contribution < -0.4 is 5.32 Å². The molecule has 1 aliphatic rings. The number of nitrogens with one attached hydrogen (secondary N) is 1. The van der Waals surface area contributed by atoms with E-state index in [-0.39, 0.29) is 5.82 Å². The lowest BCUT2D eigenvalue weighted by Gasteiger charge is -2.25. The first-order chi connectivity index (χ1) is 7.31. The summed E-state index contributed by atoms with van der Waals surface area (Å²) in [5.41, 5.74) is 1.14. The lowest BCUT2D eigenvalue weighted by Crippen LogP contribution is -2.25. The zero-order valence-corrected chi connectivity index (χ0v) is 9.74. The van der Waals surface area contributed by atoms with E-state index in [2.05, 4.69) is 12.2 Å². The normalized spacial score (nSPS) is 20.0. The molecule has 3 heteroatoms. The molecule has 82 valence electrons. The van der Waals surface area contributed by atoms with E-state index in [1.54, 1.807) is 12.1 Å². The van der Waals surface area contributed by atoms with Crippen molar-refractivity contribution in [3.63, 3.8) is 0 Å². The summed E-state index contributed by atoms with van der Waals surface area (Å²) in [4.78, 5) is 1.23. The highest BCUT2D eigenvalue weighted by atomic mass is 32.2. The lowest BCUT2D eigenvalue weighted by molar-refractivity contribution is 0.504. The molecule has 0 saturated carbocycles. The third kappa shape index (κ3) is 2.52. The molecule has 1 unspecified atom stereocenters. The van der Waals surface area contributed by atoms with Gasteiger partial charge >= 0.3 is 0 Å². The van der Waals surface area contributed by atoms with E-state index in [1.807, 2.05) is 17.8 Å². The zero-order chi connectivity index (χ0) is 10.7. The summed E-state index contributed by atoms with van der Waals surface area (Å²) in [6.07, 6.45) is 2.22. The van der Waals surface area contributed by atoms with Crippen molar-refractivity contribution in [1.82, 2.24) is 5.32 Å². The van der Waals surface area contributed by atoms with Crippen LogP contribution in [0.1, 0.15) is 31.4 Å². The summed E-state index contributed by atoms with van der Waals surface area (Å²) < 4.78 is 13.2. The van der Waals surface area contributed by atoms with Crippen LogP contribution in [0, 0.1) is 5.82 Å². The van der Waals surface area contributed by atoms with Crippen LogP contribution in [-0.4, -0.2) is 12.3 Å². The fourth-order valence-electron chi connectivity index (χ4n) is 1.90. The van der Waals surface area contributed by atoms with E-state index in [0.29, 0.717) is 6.04 Å². The molecule has 0 aliphatic carbocycles. The van der Waals surface area contributed by atoms with Gasteiger partial charge in [0.25, 0.3) is 0 Å². The third-order valence-corrected chi connectivity index (χ3v) is 3.77. The number of fused-ring (bicyclic) bond motifs is 1. The summed E-state index contributed by atoms with van der Waals surface area (Å²) in [6, 6.07) is 5.47. The Morgan fingerprint density at radius 1 is 1.53 bits per heavy atom. The Balaban J connectivity index is 2.20. The van der Waals surface area contributed by atoms with Crippen LogP contribution in [0.3, 0.4) is 0 Å². The number of benzene rings is 1. The molecule has 1 aromatic carbocycles. The Kier molecular flexibility index (Phi) is 3.65. The minimum Gasteiger partial charge on any atom is -0.310 e. The Morgan fingerprint density at radius 2 is 2.40 bits per heavy atom. The van der Waals surface area contributed by atoms with Crippen molar-refractivity contribution in [3.8, 4) is 0 Å². The molecule has 0 bridgehead atoms. The highest BCUT2D eigenvalue weighted by molar-refractivity contribution is 7.99. The maximum atomic E-state index is 13.2. The fourth-order valence-corrected chi connectivity index (χ4v) is 3.00. The summed E-state index contributed by atoms with van der Waals surface area (Å²) in [5, 5.41) is 3.47. The van der Waals surface area contributed by atoms with Crippen molar-refractivity contribution in [2.24, 2.45) is 0 Å². The second-order valence-electron chi connectivity index (χ2n) is 3.83. The summed E-state index contributed by atoms with van der Waals surface area (Å²) in [6.45, 7) is 3.16. The second kappa shape index (κ2) is 4.99. The second-order valence-corrected chi connectivity index (χ2v) is 4.96. The van der Waals surface area contributed by atoms with Crippen LogP contribution in [0.4, 0.5) is 4.39 Å². The van der Waals surface area contributed by atoms with E-state index in [0.717, 1.165) is 30.7 Å². The fraction of sp³-hybridized carbons (Fsp3) is 0.500. The summed E-state index contributed by atoms with van der Waals surface area (Å²) in [5.74, 6) is 1.000. The Hall–Kier alpha value is -0.540. The van der Waals surface area contributed by atoms with Gasteiger partial charge in [0.2, 0.25) is 0 Å². The van der Waals surface area contributed by atoms with Gasteiger partial charge in [-0.1, -0.05) is 6.92 Å². The molecule has 15 heavy (non-hydrogen) atoms. The summed E-state index contributed by atoms with van der Waals surface area (Å²) in [7, 11) is 0. The van der Waals surface area contributed by atoms with Gasteiger partial charge in [0.1, 0.15) is 5.82 Å². The standard InChI is InChI=1S/C12H16FNS/c1-2-6-14-11-5-7-15-12-4-3-9(13)8-10(11)12/h3-4,8,11,14H,2,5-7H2,1H3.